The maximum Gasteiger partial charge on any atom is 0.0868 e. The van der Waals surface area contributed by atoms with Crippen molar-refractivity contribution in [2.24, 2.45) is 0 Å². The molecule has 0 aliphatic heterocycles. The molecule has 0 heterocycles. The maximum atomic E-state index is 10.3. The van der Waals surface area contributed by atoms with Gasteiger partial charge >= 0.3 is 0 Å². The van der Waals surface area contributed by atoms with Gasteiger partial charge in [-0.25, -0.2) is 0 Å². The lowest BCUT2D eigenvalue weighted by atomic mass is 9.88. The molecule has 0 aromatic heterocycles. The van der Waals surface area contributed by atoms with Crippen molar-refractivity contribution in [2.75, 3.05) is 0 Å². The zero-order chi connectivity index (χ0) is 11.5. The van der Waals surface area contributed by atoms with Gasteiger partial charge in [0.1, 0.15) is 0 Å². The lowest BCUT2D eigenvalue weighted by Crippen LogP contribution is -2.20. The Morgan fingerprint density at radius 2 is 2.00 bits per heavy atom. The van der Waals surface area contributed by atoms with E-state index in [0.29, 0.717) is 5.92 Å². The Bertz CT molecular complexity index is 313. The van der Waals surface area contributed by atoms with Crippen molar-refractivity contribution in [2.45, 2.75) is 52.1 Å². The lowest BCUT2D eigenvalue weighted by molar-refractivity contribution is 0.0469. The molecular formula is C14H22O. The van der Waals surface area contributed by atoms with Gasteiger partial charge in [0.2, 0.25) is 0 Å². The predicted octanol–water partition coefficient (Wildman–Crippen LogP) is 3.82. The van der Waals surface area contributed by atoms with Crippen LogP contribution in [0.15, 0.2) is 24.3 Å². The molecule has 15 heavy (non-hydrogen) atoms. The molecule has 84 valence electrons. The first-order valence-electron chi connectivity index (χ1n) is 5.80. The molecule has 1 heteroatoms. The fourth-order valence-electron chi connectivity index (χ4n) is 1.86. The quantitative estimate of drug-likeness (QED) is 0.794. The van der Waals surface area contributed by atoms with E-state index in [1.165, 1.54) is 5.56 Å². The van der Waals surface area contributed by atoms with E-state index in [-0.39, 0.29) is 0 Å². The van der Waals surface area contributed by atoms with Crippen molar-refractivity contribution >= 4 is 0 Å². The van der Waals surface area contributed by atoms with Gasteiger partial charge in [0.05, 0.1) is 5.60 Å². The average molecular weight is 206 g/mol. The van der Waals surface area contributed by atoms with Crippen LogP contribution in [0.3, 0.4) is 0 Å². The van der Waals surface area contributed by atoms with E-state index in [2.05, 4.69) is 32.9 Å². The number of hydrogen-bond acceptors (Lipinski definition) is 1. The predicted molar refractivity (Wildman–Crippen MR) is 65.0 cm³/mol. The molecule has 0 spiro atoms. The van der Waals surface area contributed by atoms with E-state index in [1.54, 1.807) is 0 Å². The summed E-state index contributed by atoms with van der Waals surface area (Å²) in [4.78, 5) is 0. The zero-order valence-corrected chi connectivity index (χ0v) is 10.2. The summed E-state index contributed by atoms with van der Waals surface area (Å²) >= 11 is 0. The van der Waals surface area contributed by atoms with Gasteiger partial charge in [-0.3, -0.25) is 0 Å². The third-order valence-electron chi connectivity index (χ3n) is 2.91. The standard InChI is InChI=1S/C14H22O/c1-5-9-14(4,15)13-8-6-7-12(10-13)11(2)3/h6-8,10-11,15H,5,9H2,1-4H3/t14-/m1/s1. The van der Waals surface area contributed by atoms with Gasteiger partial charge in [-0.1, -0.05) is 51.5 Å². The molecule has 1 nitrogen and oxygen atoms in total. The summed E-state index contributed by atoms with van der Waals surface area (Å²) in [5, 5.41) is 10.3. The van der Waals surface area contributed by atoms with Crippen LogP contribution in [0.5, 0.6) is 0 Å². The Balaban J connectivity index is 2.99. The van der Waals surface area contributed by atoms with Crippen LogP contribution >= 0.6 is 0 Å². The molecule has 1 atom stereocenters. The van der Waals surface area contributed by atoms with E-state index in [9.17, 15) is 5.11 Å². The lowest BCUT2D eigenvalue weighted by Gasteiger charge is -2.24. The van der Waals surface area contributed by atoms with Crippen molar-refractivity contribution in [3.8, 4) is 0 Å². The molecule has 0 bridgehead atoms. The van der Waals surface area contributed by atoms with Crippen LogP contribution in [0.4, 0.5) is 0 Å². The monoisotopic (exact) mass is 206 g/mol. The van der Waals surface area contributed by atoms with Crippen molar-refractivity contribution in [1.82, 2.24) is 0 Å². The van der Waals surface area contributed by atoms with Gasteiger partial charge in [-0.05, 0) is 30.4 Å². The summed E-state index contributed by atoms with van der Waals surface area (Å²) in [5.74, 6) is 0.516. The summed E-state index contributed by atoms with van der Waals surface area (Å²) in [7, 11) is 0. The molecule has 0 aliphatic carbocycles. The SMILES string of the molecule is CCC[C@@](C)(O)c1cccc(C(C)C)c1. The highest BCUT2D eigenvalue weighted by Crippen LogP contribution is 2.28. The highest BCUT2D eigenvalue weighted by atomic mass is 16.3. The summed E-state index contributed by atoms with van der Waals surface area (Å²) in [6, 6.07) is 8.30. The average Bonchev–Trinajstić information content (AvgIpc) is 2.18. The van der Waals surface area contributed by atoms with Crippen molar-refractivity contribution in [3.63, 3.8) is 0 Å². The van der Waals surface area contributed by atoms with Crippen molar-refractivity contribution in [3.05, 3.63) is 35.4 Å². The zero-order valence-electron chi connectivity index (χ0n) is 10.2. The second-order valence-electron chi connectivity index (χ2n) is 4.80. The van der Waals surface area contributed by atoms with Crippen LogP contribution in [0.2, 0.25) is 0 Å². The molecule has 0 saturated carbocycles. The first kappa shape index (κ1) is 12.3. The van der Waals surface area contributed by atoms with Crippen molar-refractivity contribution in [1.29, 1.82) is 0 Å². The van der Waals surface area contributed by atoms with E-state index >= 15 is 0 Å². The minimum atomic E-state index is -0.681. The van der Waals surface area contributed by atoms with E-state index in [4.69, 9.17) is 0 Å². The normalized spacial score (nSPS) is 15.3. The van der Waals surface area contributed by atoms with Gasteiger partial charge in [0.25, 0.3) is 0 Å². The molecule has 1 N–H and O–H groups in total. The summed E-state index contributed by atoms with van der Waals surface area (Å²) in [6.07, 6.45) is 1.81. The van der Waals surface area contributed by atoms with Crippen LogP contribution in [0.25, 0.3) is 0 Å². The highest BCUT2D eigenvalue weighted by molar-refractivity contribution is 5.29. The Kier molecular flexibility index (Phi) is 3.92. The van der Waals surface area contributed by atoms with Gasteiger partial charge in [0, 0.05) is 0 Å². The molecule has 0 amide bonds. The third kappa shape index (κ3) is 3.07. The van der Waals surface area contributed by atoms with Gasteiger partial charge in [-0.2, -0.15) is 0 Å². The summed E-state index contributed by atoms with van der Waals surface area (Å²) < 4.78 is 0. The van der Waals surface area contributed by atoms with Crippen molar-refractivity contribution < 1.29 is 5.11 Å². The summed E-state index contributed by atoms with van der Waals surface area (Å²) in [6.45, 7) is 8.35. The molecule has 0 unspecified atom stereocenters. The molecule has 1 rings (SSSR count). The van der Waals surface area contributed by atoms with E-state index in [0.717, 1.165) is 18.4 Å². The fraction of sp³-hybridized carbons (Fsp3) is 0.571. The molecule has 0 aliphatic rings. The Hall–Kier alpha value is -0.820. The molecule has 1 aromatic rings. The minimum absolute atomic E-state index is 0.516. The third-order valence-corrected chi connectivity index (χ3v) is 2.91. The molecule has 0 saturated heterocycles. The number of aliphatic hydroxyl groups is 1. The van der Waals surface area contributed by atoms with Crippen LogP contribution in [-0.2, 0) is 5.60 Å². The Labute approximate surface area is 93.1 Å². The molecular weight excluding hydrogens is 184 g/mol. The highest BCUT2D eigenvalue weighted by Gasteiger charge is 2.21. The topological polar surface area (TPSA) is 20.2 Å². The van der Waals surface area contributed by atoms with E-state index < -0.39 is 5.60 Å². The number of rotatable bonds is 4. The molecule has 0 fully saturated rings. The van der Waals surface area contributed by atoms with Crippen LogP contribution in [0.1, 0.15) is 57.6 Å². The maximum absolute atomic E-state index is 10.3. The summed E-state index contributed by atoms with van der Waals surface area (Å²) in [5.41, 5.74) is 1.65. The van der Waals surface area contributed by atoms with Gasteiger partial charge < -0.3 is 5.11 Å². The Morgan fingerprint density at radius 3 is 2.53 bits per heavy atom. The van der Waals surface area contributed by atoms with Crippen LogP contribution in [0, 0.1) is 0 Å². The first-order chi connectivity index (χ1) is 6.97. The second-order valence-corrected chi connectivity index (χ2v) is 4.80. The fourth-order valence-corrected chi connectivity index (χ4v) is 1.86. The Morgan fingerprint density at radius 1 is 1.33 bits per heavy atom. The van der Waals surface area contributed by atoms with E-state index in [1.807, 2.05) is 19.1 Å². The van der Waals surface area contributed by atoms with Crippen LogP contribution < -0.4 is 0 Å². The smallest absolute Gasteiger partial charge is 0.0868 e. The first-order valence-corrected chi connectivity index (χ1v) is 5.80. The number of benzene rings is 1. The minimum Gasteiger partial charge on any atom is -0.385 e. The van der Waals surface area contributed by atoms with Gasteiger partial charge in [0.15, 0.2) is 0 Å². The van der Waals surface area contributed by atoms with Gasteiger partial charge in [-0.15, -0.1) is 0 Å². The largest absolute Gasteiger partial charge is 0.385 e. The second kappa shape index (κ2) is 4.80. The molecule has 0 radical (unpaired) electrons. The molecule has 1 aromatic carbocycles. The number of hydrogen-bond donors (Lipinski definition) is 1. The van der Waals surface area contributed by atoms with Crippen LogP contribution in [-0.4, -0.2) is 5.11 Å².